The van der Waals surface area contributed by atoms with E-state index < -0.39 is 24.2 Å². The lowest BCUT2D eigenvalue weighted by Crippen LogP contribution is -2.50. The molecule has 1 aromatic rings. The quantitative estimate of drug-likeness (QED) is 0.711. The topological polar surface area (TPSA) is 57.6 Å². The SMILES string of the molecule is C=C([C@@H]1CN(S(=O)(=O)c2ccc(C)cc2)CC[C@@H]1O)[Si](CC)(CC)CC. The summed E-state index contributed by atoms with van der Waals surface area (Å²) in [5.74, 6) is -0.157. The van der Waals surface area contributed by atoms with Gasteiger partial charge in [-0.3, -0.25) is 0 Å². The monoisotopic (exact) mass is 395 g/mol. The minimum Gasteiger partial charge on any atom is -0.392 e. The Kier molecular flexibility index (Phi) is 6.88. The summed E-state index contributed by atoms with van der Waals surface area (Å²) in [4.78, 5) is 0.328. The Bertz CT molecular complexity index is 718. The van der Waals surface area contributed by atoms with Crippen LogP contribution in [0.1, 0.15) is 32.8 Å². The van der Waals surface area contributed by atoms with Crippen molar-refractivity contribution in [2.45, 2.75) is 63.2 Å². The fraction of sp³-hybridized carbons (Fsp3) is 0.600. The van der Waals surface area contributed by atoms with Gasteiger partial charge < -0.3 is 5.11 Å². The molecule has 2 rings (SSSR count). The molecular weight excluding hydrogens is 362 g/mol. The lowest BCUT2D eigenvalue weighted by Gasteiger charge is -2.42. The number of rotatable bonds is 7. The second kappa shape index (κ2) is 8.38. The predicted molar refractivity (Wildman–Crippen MR) is 110 cm³/mol. The molecule has 6 heteroatoms. The van der Waals surface area contributed by atoms with Gasteiger partial charge in [-0.15, -0.1) is 6.58 Å². The number of hydrogen-bond donors (Lipinski definition) is 1. The molecule has 0 aromatic heterocycles. The van der Waals surface area contributed by atoms with E-state index >= 15 is 0 Å². The Morgan fingerprint density at radius 2 is 1.73 bits per heavy atom. The van der Waals surface area contributed by atoms with Gasteiger partial charge in [0.05, 0.1) is 19.1 Å². The maximum atomic E-state index is 13.1. The number of nitrogens with zero attached hydrogens (tertiary/aromatic N) is 1. The van der Waals surface area contributed by atoms with Crippen molar-refractivity contribution in [1.82, 2.24) is 4.31 Å². The van der Waals surface area contributed by atoms with Crippen molar-refractivity contribution in [3.63, 3.8) is 0 Å². The minimum atomic E-state index is -3.54. The van der Waals surface area contributed by atoms with Crippen LogP contribution in [0.15, 0.2) is 40.9 Å². The molecule has 2 atom stereocenters. The van der Waals surface area contributed by atoms with Crippen LogP contribution in [0.5, 0.6) is 0 Å². The fourth-order valence-corrected chi connectivity index (χ4v) is 9.57. The van der Waals surface area contributed by atoms with Crippen molar-refractivity contribution in [1.29, 1.82) is 0 Å². The lowest BCUT2D eigenvalue weighted by atomic mass is 9.96. The first-order valence-corrected chi connectivity index (χ1v) is 13.7. The number of benzene rings is 1. The van der Waals surface area contributed by atoms with E-state index in [2.05, 4.69) is 27.4 Å². The highest BCUT2D eigenvalue weighted by Gasteiger charge is 2.42. The summed E-state index contributed by atoms with van der Waals surface area (Å²) in [5.41, 5.74) is 1.04. The molecular formula is C20H33NO3SSi. The largest absolute Gasteiger partial charge is 0.392 e. The summed E-state index contributed by atoms with van der Waals surface area (Å²) in [5, 5.41) is 11.8. The van der Waals surface area contributed by atoms with Crippen molar-refractivity contribution in [2.75, 3.05) is 13.1 Å². The first-order valence-electron chi connectivity index (χ1n) is 9.66. The first kappa shape index (κ1) is 21.3. The van der Waals surface area contributed by atoms with Gasteiger partial charge in [0.15, 0.2) is 0 Å². The van der Waals surface area contributed by atoms with Crippen molar-refractivity contribution in [2.24, 2.45) is 5.92 Å². The molecule has 1 aliphatic rings. The lowest BCUT2D eigenvalue weighted by molar-refractivity contribution is 0.0734. The second-order valence-electron chi connectivity index (χ2n) is 7.50. The molecule has 0 radical (unpaired) electrons. The van der Waals surface area contributed by atoms with Gasteiger partial charge in [-0.25, -0.2) is 8.42 Å². The van der Waals surface area contributed by atoms with Gasteiger partial charge in [-0.2, -0.15) is 4.31 Å². The predicted octanol–water partition coefficient (Wildman–Crippen LogP) is 3.97. The zero-order chi connectivity index (χ0) is 19.5. The van der Waals surface area contributed by atoms with Gasteiger partial charge in [-0.1, -0.05) is 61.8 Å². The molecule has 1 aromatic carbocycles. The van der Waals surface area contributed by atoms with Crippen LogP contribution < -0.4 is 0 Å². The number of aliphatic hydroxyl groups excluding tert-OH is 1. The highest BCUT2D eigenvalue weighted by molar-refractivity contribution is 7.89. The highest BCUT2D eigenvalue weighted by atomic mass is 32.2. The maximum Gasteiger partial charge on any atom is 0.243 e. The molecule has 4 nitrogen and oxygen atoms in total. The minimum absolute atomic E-state index is 0.157. The summed E-state index contributed by atoms with van der Waals surface area (Å²) < 4.78 is 27.7. The summed E-state index contributed by atoms with van der Waals surface area (Å²) >= 11 is 0. The van der Waals surface area contributed by atoms with Gasteiger partial charge in [0.2, 0.25) is 10.0 Å². The van der Waals surface area contributed by atoms with Crippen LogP contribution in [0.25, 0.3) is 0 Å². The third-order valence-electron chi connectivity index (χ3n) is 6.36. The third kappa shape index (κ3) is 3.98. The van der Waals surface area contributed by atoms with Crippen molar-refractivity contribution < 1.29 is 13.5 Å². The summed E-state index contributed by atoms with van der Waals surface area (Å²) in [7, 11) is -5.24. The average molecular weight is 396 g/mol. The molecule has 0 unspecified atom stereocenters. The Morgan fingerprint density at radius 1 is 1.19 bits per heavy atom. The number of aryl methyl sites for hydroxylation is 1. The molecule has 1 aliphatic heterocycles. The average Bonchev–Trinajstić information content (AvgIpc) is 2.64. The van der Waals surface area contributed by atoms with Crippen LogP contribution in [-0.4, -0.2) is 45.1 Å². The van der Waals surface area contributed by atoms with E-state index in [0.29, 0.717) is 24.4 Å². The summed E-state index contributed by atoms with van der Waals surface area (Å²) in [6.45, 7) is 13.7. The van der Waals surface area contributed by atoms with Crippen molar-refractivity contribution in [3.8, 4) is 0 Å². The fourth-order valence-electron chi connectivity index (χ4n) is 4.15. The van der Waals surface area contributed by atoms with Crippen LogP contribution in [0.2, 0.25) is 18.1 Å². The number of hydrogen-bond acceptors (Lipinski definition) is 3. The van der Waals surface area contributed by atoms with E-state index in [9.17, 15) is 13.5 Å². The van der Waals surface area contributed by atoms with Gasteiger partial charge in [-0.05, 0) is 25.5 Å². The molecule has 0 bridgehead atoms. The maximum absolute atomic E-state index is 13.1. The molecule has 0 saturated carbocycles. The molecule has 146 valence electrons. The first-order chi connectivity index (χ1) is 12.2. The third-order valence-corrected chi connectivity index (χ3v) is 14.0. The van der Waals surface area contributed by atoms with Gasteiger partial charge >= 0.3 is 0 Å². The Hall–Kier alpha value is -0.953. The summed E-state index contributed by atoms with van der Waals surface area (Å²) in [6.07, 6.45) is -0.0281. The zero-order valence-corrected chi connectivity index (χ0v) is 18.3. The van der Waals surface area contributed by atoms with E-state index in [1.54, 1.807) is 16.4 Å². The van der Waals surface area contributed by atoms with E-state index in [0.717, 1.165) is 28.9 Å². The van der Waals surface area contributed by atoms with Gasteiger partial charge in [0, 0.05) is 19.0 Å². The Morgan fingerprint density at radius 3 is 2.23 bits per heavy atom. The normalized spacial score (nSPS) is 22.3. The van der Waals surface area contributed by atoms with E-state index in [4.69, 9.17) is 0 Å². The van der Waals surface area contributed by atoms with Crippen LogP contribution in [0, 0.1) is 12.8 Å². The van der Waals surface area contributed by atoms with E-state index in [1.807, 2.05) is 19.1 Å². The van der Waals surface area contributed by atoms with Crippen LogP contribution in [-0.2, 0) is 10.0 Å². The van der Waals surface area contributed by atoms with Gasteiger partial charge in [0.25, 0.3) is 0 Å². The molecule has 0 aliphatic carbocycles. The highest BCUT2D eigenvalue weighted by Crippen LogP contribution is 2.37. The molecule has 26 heavy (non-hydrogen) atoms. The van der Waals surface area contributed by atoms with Crippen molar-refractivity contribution >= 4 is 18.1 Å². The Balaban J connectivity index is 2.29. The zero-order valence-electron chi connectivity index (χ0n) is 16.5. The van der Waals surface area contributed by atoms with Crippen LogP contribution in [0.3, 0.4) is 0 Å². The molecule has 0 amide bonds. The molecule has 1 fully saturated rings. The molecule has 1 heterocycles. The number of aliphatic hydroxyl groups is 1. The van der Waals surface area contributed by atoms with Crippen molar-refractivity contribution in [3.05, 3.63) is 41.6 Å². The molecule has 1 N–H and O–H groups in total. The summed E-state index contributed by atoms with van der Waals surface area (Å²) in [6, 6.07) is 10.3. The number of sulfonamides is 1. The standard InChI is InChI=1S/C20H33NO3SSi/c1-6-26(7-2,8-3)17(5)19-15-21(14-13-20(19)22)25(23,24)18-11-9-16(4)10-12-18/h9-12,19-20,22H,5-8,13-15H2,1-4H3/t19-,20-/m0/s1. The van der Waals surface area contributed by atoms with Gasteiger partial charge in [0.1, 0.15) is 0 Å². The van der Waals surface area contributed by atoms with Crippen LogP contribution >= 0.6 is 0 Å². The Labute approximate surface area is 160 Å². The van der Waals surface area contributed by atoms with E-state index in [1.165, 1.54) is 0 Å². The van der Waals surface area contributed by atoms with Crippen LogP contribution in [0.4, 0.5) is 0 Å². The number of piperidine rings is 1. The molecule has 1 saturated heterocycles. The molecule has 0 spiro atoms. The van der Waals surface area contributed by atoms with E-state index in [-0.39, 0.29) is 5.92 Å². The second-order valence-corrected chi connectivity index (χ2v) is 14.8. The smallest absolute Gasteiger partial charge is 0.243 e.